The largest absolute Gasteiger partial charge is 0.334 e. The molecule has 6 heteroatoms. The van der Waals surface area contributed by atoms with Gasteiger partial charge in [-0.05, 0) is 54.7 Å². The first-order valence-electron chi connectivity index (χ1n) is 10.3. The van der Waals surface area contributed by atoms with Crippen LogP contribution in [0.4, 0.5) is 0 Å². The lowest BCUT2D eigenvalue weighted by Crippen LogP contribution is -2.17. The summed E-state index contributed by atoms with van der Waals surface area (Å²) in [5, 5.41) is 4.24. The second-order valence-corrected chi connectivity index (χ2v) is 8.13. The van der Waals surface area contributed by atoms with Gasteiger partial charge in [-0.15, -0.1) is 0 Å². The molecule has 2 aromatic carbocycles. The van der Waals surface area contributed by atoms with Crippen molar-refractivity contribution in [1.82, 2.24) is 19.7 Å². The standard InChI is InChI=1S/C23H25N5O/c1-14(2)22-25-19-8-3-4-9-20(19)28(22)13-21-26-23(29-27-21)16-10-11-17-15(12-16)6-5-7-18(17)24/h3-4,8-12,14,18H,5-7,13,24H2,1-2H3. The molecule has 5 rings (SSSR count). The van der Waals surface area contributed by atoms with E-state index in [1.807, 2.05) is 24.3 Å². The second-order valence-electron chi connectivity index (χ2n) is 8.13. The van der Waals surface area contributed by atoms with Crippen molar-refractivity contribution in [3.8, 4) is 11.5 Å². The van der Waals surface area contributed by atoms with E-state index in [9.17, 15) is 0 Å². The number of aromatic nitrogens is 4. The zero-order valence-electron chi connectivity index (χ0n) is 16.8. The molecule has 0 saturated carbocycles. The van der Waals surface area contributed by atoms with Crippen LogP contribution in [0.1, 0.15) is 61.4 Å². The number of rotatable bonds is 4. The van der Waals surface area contributed by atoms with E-state index in [2.05, 4.69) is 46.8 Å². The van der Waals surface area contributed by atoms with Crippen LogP contribution in [0.3, 0.4) is 0 Å². The Bertz CT molecular complexity index is 1170. The monoisotopic (exact) mass is 387 g/mol. The molecule has 0 amide bonds. The summed E-state index contributed by atoms with van der Waals surface area (Å²) in [5.74, 6) is 2.54. The Balaban J connectivity index is 1.47. The Kier molecular flexibility index (Phi) is 4.43. The zero-order valence-corrected chi connectivity index (χ0v) is 16.8. The normalized spacial score (nSPS) is 16.5. The minimum Gasteiger partial charge on any atom is -0.334 e. The SMILES string of the molecule is CC(C)c1nc2ccccc2n1Cc1noc(-c2ccc3c(c2)CCCC3N)n1. The molecule has 6 nitrogen and oxygen atoms in total. The first-order valence-corrected chi connectivity index (χ1v) is 10.3. The Morgan fingerprint density at radius 2 is 2.03 bits per heavy atom. The predicted octanol–water partition coefficient (Wildman–Crippen LogP) is 4.59. The summed E-state index contributed by atoms with van der Waals surface area (Å²) >= 11 is 0. The fourth-order valence-corrected chi connectivity index (χ4v) is 4.26. The number of para-hydroxylation sites is 2. The van der Waals surface area contributed by atoms with Gasteiger partial charge in [0.2, 0.25) is 0 Å². The van der Waals surface area contributed by atoms with Gasteiger partial charge in [0.15, 0.2) is 5.82 Å². The summed E-state index contributed by atoms with van der Waals surface area (Å²) < 4.78 is 7.78. The van der Waals surface area contributed by atoms with E-state index < -0.39 is 0 Å². The van der Waals surface area contributed by atoms with E-state index in [0.717, 1.165) is 41.7 Å². The summed E-state index contributed by atoms with van der Waals surface area (Å²) in [7, 11) is 0. The van der Waals surface area contributed by atoms with Gasteiger partial charge in [0.25, 0.3) is 5.89 Å². The molecular weight excluding hydrogens is 362 g/mol. The van der Waals surface area contributed by atoms with Crippen LogP contribution in [0.2, 0.25) is 0 Å². The number of nitrogens with zero attached hydrogens (tertiary/aromatic N) is 4. The summed E-state index contributed by atoms with van der Waals surface area (Å²) in [6.07, 6.45) is 3.23. The van der Waals surface area contributed by atoms with Gasteiger partial charge >= 0.3 is 0 Å². The molecule has 2 aromatic heterocycles. The van der Waals surface area contributed by atoms with Crippen molar-refractivity contribution in [2.75, 3.05) is 0 Å². The topological polar surface area (TPSA) is 82.8 Å². The molecule has 1 unspecified atom stereocenters. The lowest BCUT2D eigenvalue weighted by molar-refractivity contribution is 0.420. The number of fused-ring (bicyclic) bond motifs is 2. The summed E-state index contributed by atoms with van der Waals surface area (Å²) in [6, 6.07) is 14.6. The van der Waals surface area contributed by atoms with Crippen LogP contribution in [0.5, 0.6) is 0 Å². The fraction of sp³-hybridized carbons (Fsp3) is 0.348. The molecule has 2 heterocycles. The average Bonchev–Trinajstić information content (AvgIpc) is 3.34. The molecule has 0 saturated heterocycles. The number of hydrogen-bond acceptors (Lipinski definition) is 5. The molecule has 4 aromatic rings. The number of aryl methyl sites for hydroxylation is 1. The molecule has 2 N–H and O–H groups in total. The highest BCUT2D eigenvalue weighted by Gasteiger charge is 2.20. The number of benzene rings is 2. The highest BCUT2D eigenvalue weighted by Crippen LogP contribution is 2.31. The first-order chi connectivity index (χ1) is 14.1. The Morgan fingerprint density at radius 1 is 1.17 bits per heavy atom. The van der Waals surface area contributed by atoms with E-state index in [-0.39, 0.29) is 6.04 Å². The minimum absolute atomic E-state index is 0.134. The average molecular weight is 387 g/mol. The molecular formula is C23H25N5O. The fourth-order valence-electron chi connectivity index (χ4n) is 4.26. The van der Waals surface area contributed by atoms with Crippen molar-refractivity contribution in [3.05, 3.63) is 65.2 Å². The Hall–Kier alpha value is -2.99. The van der Waals surface area contributed by atoms with Gasteiger partial charge in [0, 0.05) is 17.5 Å². The van der Waals surface area contributed by atoms with Crippen LogP contribution in [-0.4, -0.2) is 19.7 Å². The molecule has 0 aliphatic heterocycles. The third-order valence-corrected chi connectivity index (χ3v) is 5.72. The third kappa shape index (κ3) is 3.23. The lowest BCUT2D eigenvalue weighted by Gasteiger charge is -2.22. The molecule has 148 valence electrons. The van der Waals surface area contributed by atoms with Gasteiger partial charge in [-0.3, -0.25) is 0 Å². The van der Waals surface area contributed by atoms with Gasteiger partial charge < -0.3 is 14.8 Å². The van der Waals surface area contributed by atoms with Crippen LogP contribution < -0.4 is 5.73 Å². The van der Waals surface area contributed by atoms with Crippen molar-refractivity contribution < 1.29 is 4.52 Å². The molecule has 0 radical (unpaired) electrons. The molecule has 0 fully saturated rings. The summed E-state index contributed by atoms with van der Waals surface area (Å²) in [5.41, 5.74) is 11.8. The van der Waals surface area contributed by atoms with Gasteiger partial charge in [-0.25, -0.2) is 4.98 Å². The van der Waals surface area contributed by atoms with Crippen molar-refractivity contribution in [2.45, 2.75) is 51.6 Å². The summed E-state index contributed by atoms with van der Waals surface area (Å²) in [4.78, 5) is 9.47. The highest BCUT2D eigenvalue weighted by atomic mass is 16.5. The molecule has 0 bridgehead atoms. The zero-order chi connectivity index (χ0) is 20.0. The maximum absolute atomic E-state index is 6.24. The minimum atomic E-state index is 0.134. The first kappa shape index (κ1) is 18.1. The maximum atomic E-state index is 6.24. The predicted molar refractivity (Wildman–Crippen MR) is 113 cm³/mol. The van der Waals surface area contributed by atoms with Gasteiger partial charge in [0.05, 0.1) is 17.6 Å². The molecule has 0 spiro atoms. The van der Waals surface area contributed by atoms with E-state index in [4.69, 9.17) is 15.2 Å². The molecule has 29 heavy (non-hydrogen) atoms. The van der Waals surface area contributed by atoms with Gasteiger partial charge in [-0.1, -0.05) is 37.2 Å². The number of imidazole rings is 1. The third-order valence-electron chi connectivity index (χ3n) is 5.72. The van der Waals surface area contributed by atoms with Crippen molar-refractivity contribution >= 4 is 11.0 Å². The van der Waals surface area contributed by atoms with Crippen LogP contribution in [0.25, 0.3) is 22.5 Å². The molecule has 1 aliphatic carbocycles. The quantitative estimate of drug-likeness (QED) is 0.553. The van der Waals surface area contributed by atoms with E-state index in [1.54, 1.807) is 0 Å². The van der Waals surface area contributed by atoms with E-state index in [1.165, 1.54) is 11.1 Å². The van der Waals surface area contributed by atoms with Crippen LogP contribution in [0, 0.1) is 0 Å². The smallest absolute Gasteiger partial charge is 0.257 e. The maximum Gasteiger partial charge on any atom is 0.257 e. The van der Waals surface area contributed by atoms with Crippen LogP contribution in [-0.2, 0) is 13.0 Å². The Labute approximate surface area is 169 Å². The number of nitrogens with two attached hydrogens (primary N) is 1. The second kappa shape index (κ2) is 7.12. The molecule has 1 aliphatic rings. The molecule has 1 atom stereocenters. The van der Waals surface area contributed by atoms with Gasteiger partial charge in [-0.2, -0.15) is 4.98 Å². The highest BCUT2D eigenvalue weighted by molar-refractivity contribution is 5.76. The van der Waals surface area contributed by atoms with Crippen molar-refractivity contribution in [1.29, 1.82) is 0 Å². The van der Waals surface area contributed by atoms with E-state index in [0.29, 0.717) is 24.2 Å². The van der Waals surface area contributed by atoms with Crippen LogP contribution >= 0.6 is 0 Å². The Morgan fingerprint density at radius 3 is 2.90 bits per heavy atom. The summed E-state index contributed by atoms with van der Waals surface area (Å²) in [6.45, 7) is 4.84. The van der Waals surface area contributed by atoms with Gasteiger partial charge in [0.1, 0.15) is 5.82 Å². The van der Waals surface area contributed by atoms with Crippen molar-refractivity contribution in [2.24, 2.45) is 5.73 Å². The van der Waals surface area contributed by atoms with E-state index >= 15 is 0 Å². The van der Waals surface area contributed by atoms with Crippen molar-refractivity contribution in [3.63, 3.8) is 0 Å². The lowest BCUT2D eigenvalue weighted by atomic mass is 9.87. The van der Waals surface area contributed by atoms with Crippen LogP contribution in [0.15, 0.2) is 47.0 Å². The number of hydrogen-bond donors (Lipinski definition) is 1.